The number of halogens is 1. The lowest BCUT2D eigenvalue weighted by atomic mass is 9.85. The van der Waals surface area contributed by atoms with Crippen LogP contribution in [0.1, 0.15) is 28.8 Å². The molecule has 1 aliphatic carbocycles. The second-order valence-corrected chi connectivity index (χ2v) is 8.16. The molecule has 0 bridgehead atoms. The number of imide groups is 1. The van der Waals surface area contributed by atoms with Crippen LogP contribution in [-0.2, 0) is 19.1 Å². The van der Waals surface area contributed by atoms with E-state index in [0.29, 0.717) is 34.8 Å². The van der Waals surface area contributed by atoms with Gasteiger partial charge in [0.25, 0.3) is 5.91 Å². The maximum absolute atomic E-state index is 12.7. The molecule has 1 heterocycles. The molecule has 7 nitrogen and oxygen atoms in total. The molecule has 32 heavy (non-hydrogen) atoms. The number of ether oxygens (including phenoxy) is 1. The van der Waals surface area contributed by atoms with E-state index in [1.54, 1.807) is 25.1 Å². The van der Waals surface area contributed by atoms with Crippen LogP contribution in [0.15, 0.2) is 54.6 Å². The van der Waals surface area contributed by atoms with Gasteiger partial charge in [-0.15, -0.1) is 0 Å². The summed E-state index contributed by atoms with van der Waals surface area (Å²) in [6.45, 7) is 1.30. The Kier molecular flexibility index (Phi) is 6.10. The van der Waals surface area contributed by atoms with Gasteiger partial charge in [0.1, 0.15) is 0 Å². The van der Waals surface area contributed by atoms with Crippen molar-refractivity contribution < 1.29 is 23.9 Å². The molecule has 0 aromatic heterocycles. The number of benzene rings is 2. The smallest absolute Gasteiger partial charge is 0.338 e. The first-order chi connectivity index (χ1) is 15.4. The van der Waals surface area contributed by atoms with Crippen LogP contribution in [0.2, 0.25) is 5.02 Å². The second-order valence-electron chi connectivity index (χ2n) is 7.75. The lowest BCUT2D eigenvalue weighted by molar-refractivity contribution is -0.122. The Labute approximate surface area is 190 Å². The molecule has 0 unspecified atom stereocenters. The minimum absolute atomic E-state index is 0.207. The number of hydrogen-bond donors (Lipinski definition) is 1. The molecule has 2 aromatic rings. The highest BCUT2D eigenvalue weighted by molar-refractivity contribution is 6.31. The van der Waals surface area contributed by atoms with Crippen LogP contribution in [0, 0.1) is 18.8 Å². The Morgan fingerprint density at radius 1 is 1.03 bits per heavy atom. The minimum atomic E-state index is -0.688. The Hall–Kier alpha value is -3.45. The van der Waals surface area contributed by atoms with Crippen molar-refractivity contribution in [1.82, 2.24) is 0 Å². The van der Waals surface area contributed by atoms with Crippen LogP contribution in [0.25, 0.3) is 0 Å². The number of carbonyl (C=O) groups is 4. The van der Waals surface area contributed by atoms with E-state index in [1.165, 1.54) is 29.2 Å². The first-order valence-corrected chi connectivity index (χ1v) is 10.6. The molecule has 0 spiro atoms. The van der Waals surface area contributed by atoms with Crippen molar-refractivity contribution in [2.45, 2.75) is 19.8 Å². The average Bonchev–Trinajstić information content (AvgIpc) is 3.06. The standard InChI is InChI=1S/C24H21ClN2O5/c1-14-19(25)7-4-8-20(14)26-21(28)13-32-24(31)15-9-11-16(12-10-15)27-22(29)17-5-2-3-6-18(17)23(27)30/h2-4,7-12,17-18H,5-6,13H2,1H3,(H,26,28)/t17-,18-/m0/s1. The van der Waals surface area contributed by atoms with Crippen molar-refractivity contribution in [1.29, 1.82) is 0 Å². The van der Waals surface area contributed by atoms with Gasteiger partial charge >= 0.3 is 5.97 Å². The summed E-state index contributed by atoms with van der Waals surface area (Å²) in [5.41, 5.74) is 1.88. The number of carbonyl (C=O) groups excluding carboxylic acids is 4. The third-order valence-corrected chi connectivity index (χ3v) is 6.15. The summed E-state index contributed by atoms with van der Waals surface area (Å²) in [4.78, 5) is 51.0. The first kappa shape index (κ1) is 21.8. The number of amides is 3. The van der Waals surface area contributed by atoms with Gasteiger partial charge in [0.05, 0.1) is 23.1 Å². The zero-order chi connectivity index (χ0) is 22.8. The van der Waals surface area contributed by atoms with Crippen LogP contribution < -0.4 is 10.2 Å². The highest BCUT2D eigenvalue weighted by Gasteiger charge is 2.47. The van der Waals surface area contributed by atoms with E-state index < -0.39 is 18.5 Å². The van der Waals surface area contributed by atoms with Crippen LogP contribution in [0.5, 0.6) is 0 Å². The van der Waals surface area contributed by atoms with Crippen molar-refractivity contribution in [2.75, 3.05) is 16.8 Å². The molecule has 2 aromatic carbocycles. The van der Waals surface area contributed by atoms with Gasteiger partial charge in [0, 0.05) is 10.7 Å². The molecule has 164 valence electrons. The number of hydrogen-bond acceptors (Lipinski definition) is 5. The molecule has 4 rings (SSSR count). The molecule has 3 amide bonds. The maximum atomic E-state index is 12.7. The van der Waals surface area contributed by atoms with E-state index in [2.05, 4.69) is 5.32 Å². The highest BCUT2D eigenvalue weighted by atomic mass is 35.5. The maximum Gasteiger partial charge on any atom is 0.338 e. The van der Waals surface area contributed by atoms with Crippen LogP contribution >= 0.6 is 11.6 Å². The number of rotatable bonds is 5. The van der Waals surface area contributed by atoms with E-state index in [4.69, 9.17) is 16.3 Å². The fourth-order valence-corrected chi connectivity index (χ4v) is 4.12. The van der Waals surface area contributed by atoms with Gasteiger partial charge in [-0.1, -0.05) is 29.8 Å². The number of nitrogens with one attached hydrogen (secondary N) is 1. The molecule has 1 saturated heterocycles. The van der Waals surface area contributed by atoms with Gasteiger partial charge < -0.3 is 10.1 Å². The van der Waals surface area contributed by atoms with Crippen LogP contribution in [0.3, 0.4) is 0 Å². The Morgan fingerprint density at radius 2 is 1.66 bits per heavy atom. The predicted octanol–water partition coefficient (Wildman–Crippen LogP) is 3.90. The zero-order valence-electron chi connectivity index (χ0n) is 17.3. The van der Waals surface area contributed by atoms with Gasteiger partial charge in [-0.05, 0) is 61.7 Å². The van der Waals surface area contributed by atoms with Gasteiger partial charge in [0.2, 0.25) is 11.8 Å². The number of nitrogens with zero attached hydrogens (tertiary/aromatic N) is 1. The summed E-state index contributed by atoms with van der Waals surface area (Å²) in [6.07, 6.45) is 4.98. The molecule has 8 heteroatoms. The van der Waals surface area contributed by atoms with Crippen molar-refractivity contribution in [2.24, 2.45) is 11.8 Å². The average molecular weight is 453 g/mol. The first-order valence-electron chi connectivity index (χ1n) is 10.2. The quantitative estimate of drug-likeness (QED) is 0.422. The summed E-state index contributed by atoms with van der Waals surface area (Å²) in [6, 6.07) is 11.1. The van der Waals surface area contributed by atoms with E-state index in [1.807, 2.05) is 12.2 Å². The third kappa shape index (κ3) is 4.16. The predicted molar refractivity (Wildman–Crippen MR) is 119 cm³/mol. The normalized spacial score (nSPS) is 19.6. The third-order valence-electron chi connectivity index (χ3n) is 5.74. The number of fused-ring (bicyclic) bond motifs is 1. The number of anilines is 2. The fourth-order valence-electron chi connectivity index (χ4n) is 3.94. The lowest BCUT2D eigenvalue weighted by Gasteiger charge is -2.15. The van der Waals surface area contributed by atoms with Crippen LogP contribution in [-0.4, -0.2) is 30.3 Å². The van der Waals surface area contributed by atoms with Crippen molar-refractivity contribution in [3.8, 4) is 0 Å². The van der Waals surface area contributed by atoms with E-state index in [0.717, 1.165) is 0 Å². The Bertz CT molecular complexity index is 1100. The monoisotopic (exact) mass is 452 g/mol. The van der Waals surface area contributed by atoms with Gasteiger partial charge in [-0.3, -0.25) is 19.3 Å². The lowest BCUT2D eigenvalue weighted by Crippen LogP contribution is -2.30. The van der Waals surface area contributed by atoms with Gasteiger partial charge in [-0.25, -0.2) is 4.79 Å². The Morgan fingerprint density at radius 3 is 2.28 bits per heavy atom. The van der Waals surface area contributed by atoms with Crippen molar-refractivity contribution >= 4 is 46.7 Å². The summed E-state index contributed by atoms with van der Waals surface area (Å²) in [5, 5.41) is 3.17. The van der Waals surface area contributed by atoms with Crippen molar-refractivity contribution in [3.05, 3.63) is 70.8 Å². The van der Waals surface area contributed by atoms with E-state index in [-0.39, 0.29) is 29.2 Å². The summed E-state index contributed by atoms with van der Waals surface area (Å²) < 4.78 is 5.08. The fraction of sp³-hybridized carbons (Fsp3) is 0.250. The highest BCUT2D eigenvalue weighted by Crippen LogP contribution is 2.37. The number of esters is 1. The number of allylic oxidation sites excluding steroid dienone is 2. The molecule has 1 N–H and O–H groups in total. The minimum Gasteiger partial charge on any atom is -0.452 e. The topological polar surface area (TPSA) is 92.8 Å². The van der Waals surface area contributed by atoms with E-state index in [9.17, 15) is 19.2 Å². The van der Waals surface area contributed by atoms with Crippen LogP contribution in [0.4, 0.5) is 11.4 Å². The molecule has 2 atom stereocenters. The zero-order valence-corrected chi connectivity index (χ0v) is 18.1. The molecule has 2 aliphatic rings. The SMILES string of the molecule is Cc1c(Cl)cccc1NC(=O)COC(=O)c1ccc(N2C(=O)[C@H]3CC=CC[C@@H]3C2=O)cc1. The Balaban J connectivity index is 1.36. The summed E-state index contributed by atoms with van der Waals surface area (Å²) in [7, 11) is 0. The summed E-state index contributed by atoms with van der Waals surface area (Å²) >= 11 is 6.03. The molecular weight excluding hydrogens is 432 g/mol. The largest absolute Gasteiger partial charge is 0.452 e. The second kappa shape index (κ2) is 8.96. The van der Waals surface area contributed by atoms with E-state index >= 15 is 0 Å². The molecule has 1 fully saturated rings. The molecule has 0 radical (unpaired) electrons. The van der Waals surface area contributed by atoms with Gasteiger partial charge in [-0.2, -0.15) is 0 Å². The molecular formula is C24H21ClN2O5. The summed E-state index contributed by atoms with van der Waals surface area (Å²) in [5.74, 6) is -2.26. The molecule has 0 saturated carbocycles. The van der Waals surface area contributed by atoms with Crippen molar-refractivity contribution in [3.63, 3.8) is 0 Å². The van der Waals surface area contributed by atoms with Gasteiger partial charge in [0.15, 0.2) is 6.61 Å². The molecule has 1 aliphatic heterocycles.